The van der Waals surface area contributed by atoms with Crippen LogP contribution in [0.15, 0.2) is 104 Å². The van der Waals surface area contributed by atoms with Gasteiger partial charge in [-0.15, -0.1) is 6.58 Å². The molecule has 2 aromatic heterocycles. The van der Waals surface area contributed by atoms with Gasteiger partial charge in [-0.3, -0.25) is 9.59 Å². The molecule has 0 bridgehead atoms. The van der Waals surface area contributed by atoms with Crippen molar-refractivity contribution in [2.24, 2.45) is 5.92 Å². The van der Waals surface area contributed by atoms with Crippen LogP contribution in [0.3, 0.4) is 0 Å². The highest BCUT2D eigenvalue weighted by Crippen LogP contribution is 2.43. The molecule has 1 spiro atoms. The number of aromatic nitrogens is 4. The normalized spacial score (nSPS) is 16.5. The van der Waals surface area contributed by atoms with Crippen LogP contribution in [0.2, 0.25) is 0 Å². The Bertz CT molecular complexity index is 2650. The second-order valence-corrected chi connectivity index (χ2v) is 16.3. The van der Waals surface area contributed by atoms with Crippen molar-refractivity contribution in [3.05, 3.63) is 121 Å². The third kappa shape index (κ3) is 9.05. The van der Waals surface area contributed by atoms with Crippen LogP contribution in [0, 0.1) is 5.92 Å². The van der Waals surface area contributed by atoms with E-state index in [0.717, 1.165) is 44.2 Å². The Labute approximate surface area is 370 Å². The van der Waals surface area contributed by atoms with Crippen LogP contribution in [0.1, 0.15) is 56.0 Å². The molecule has 3 atom stereocenters. The Balaban J connectivity index is 1.01. The van der Waals surface area contributed by atoms with Crippen molar-refractivity contribution in [3.63, 3.8) is 0 Å². The number of nitrogens with one attached hydrogen (secondary N) is 4. The molecule has 2 saturated heterocycles. The van der Waals surface area contributed by atoms with Gasteiger partial charge in [-0.25, -0.2) is 19.6 Å². The monoisotopic (exact) mass is 868 g/mol. The molecule has 3 unspecified atom stereocenters. The molecule has 16 nitrogen and oxygen atoms in total. The number of rotatable bonds is 14. The number of carbonyl (C=O) groups is 4. The van der Waals surface area contributed by atoms with Crippen LogP contribution >= 0.6 is 0 Å². The number of carbonyl (C=O) groups excluding carboxylic acids is 4. The largest absolute Gasteiger partial charge is 0.453 e. The maximum atomic E-state index is 14.4. The zero-order valence-corrected chi connectivity index (χ0v) is 36.3. The summed E-state index contributed by atoms with van der Waals surface area (Å²) in [7, 11) is 2.53. The van der Waals surface area contributed by atoms with Gasteiger partial charge in [-0.2, -0.15) is 0 Å². The number of amides is 4. The van der Waals surface area contributed by atoms with Crippen molar-refractivity contribution < 1.29 is 38.1 Å². The molecule has 332 valence electrons. The summed E-state index contributed by atoms with van der Waals surface area (Å²) >= 11 is 0. The van der Waals surface area contributed by atoms with E-state index in [1.807, 2.05) is 50.2 Å². The van der Waals surface area contributed by atoms with Crippen molar-refractivity contribution in [2.75, 3.05) is 40.5 Å². The van der Waals surface area contributed by atoms with Crippen LogP contribution in [-0.4, -0.2) is 106 Å². The van der Waals surface area contributed by atoms with Crippen molar-refractivity contribution in [1.82, 2.24) is 40.4 Å². The van der Waals surface area contributed by atoms with E-state index in [2.05, 4.69) is 63.6 Å². The summed E-state index contributed by atoms with van der Waals surface area (Å²) in [6.07, 6.45) is 3.07. The van der Waals surface area contributed by atoms with Crippen LogP contribution in [-0.2, 0) is 35.1 Å². The number of nitrogens with zero attached hydrogens (tertiary/aromatic N) is 4. The van der Waals surface area contributed by atoms with Gasteiger partial charge in [0.15, 0.2) is 5.79 Å². The lowest BCUT2D eigenvalue weighted by Crippen LogP contribution is -2.51. The van der Waals surface area contributed by atoms with Gasteiger partial charge in [0.05, 0.1) is 69.5 Å². The number of alkyl carbamates (subject to hydrolysis) is 2. The number of aromatic amines is 2. The summed E-state index contributed by atoms with van der Waals surface area (Å²) in [5, 5.41) is 7.36. The first kappa shape index (κ1) is 43.6. The molecule has 2 aliphatic rings. The maximum Gasteiger partial charge on any atom is 0.407 e. The smallest absolute Gasteiger partial charge is 0.407 e. The predicted octanol–water partition coefficient (Wildman–Crippen LogP) is 7.17. The lowest BCUT2D eigenvalue weighted by Gasteiger charge is -2.28. The number of hydrogen-bond donors (Lipinski definition) is 4. The number of fused-ring (bicyclic) bond motifs is 3. The van der Waals surface area contributed by atoms with Crippen molar-refractivity contribution in [2.45, 2.75) is 57.1 Å². The van der Waals surface area contributed by atoms with E-state index >= 15 is 0 Å². The van der Waals surface area contributed by atoms with E-state index in [0.29, 0.717) is 49.8 Å². The standard InChI is InChI=1S/C48H52N8O8/c1-6-7-21-55(44(57)40(29(2)3)53-46(59)61-4)27-39-50-36-20-18-34-24-33(17-19-35(34)42(36)52-39)30-13-15-31(16-14-30)37-26-49-43(51-37)38-25-48(63-22-23-64-48)28-56(38)45(58)41(54-47(60)62-5)32-11-9-8-10-12-32/h6,8-20,24,26,29,38,40-41H,1,7,21-23,25,27-28H2,2-5H3,(H,49,51)(H,50,52)(H,53,59)(H,54,60). The highest BCUT2D eigenvalue weighted by molar-refractivity contribution is 6.05. The Morgan fingerprint density at radius 2 is 1.62 bits per heavy atom. The van der Waals surface area contributed by atoms with E-state index in [4.69, 9.17) is 28.9 Å². The SMILES string of the molecule is C=CCCN(Cc1nc2c(ccc3cc(-c4ccc(-c5cnc(C6CC7(CN6C(=O)C(NC(=O)OC)c6ccccc6)OCCO7)[nH]5)cc4)ccc32)[nH]1)C(=O)C(NC(=O)OC)C(C)C. The van der Waals surface area contributed by atoms with Gasteiger partial charge < -0.3 is 49.3 Å². The highest BCUT2D eigenvalue weighted by atomic mass is 16.7. The number of methoxy groups -OCH3 is 2. The quantitative estimate of drug-likeness (QED) is 0.0816. The third-order valence-electron chi connectivity index (χ3n) is 11.8. The van der Waals surface area contributed by atoms with Gasteiger partial charge in [0.25, 0.3) is 5.91 Å². The summed E-state index contributed by atoms with van der Waals surface area (Å²) in [5.41, 5.74) is 5.97. The lowest BCUT2D eigenvalue weighted by molar-refractivity contribution is -0.153. The molecular weight excluding hydrogens is 817 g/mol. The number of ether oxygens (including phenoxy) is 4. The summed E-state index contributed by atoms with van der Waals surface area (Å²) in [6, 6.07) is 25.2. The molecule has 0 radical (unpaired) electrons. The zero-order chi connectivity index (χ0) is 45.0. The van der Waals surface area contributed by atoms with Gasteiger partial charge in [0.2, 0.25) is 5.91 Å². The van der Waals surface area contributed by atoms with Crippen molar-refractivity contribution >= 4 is 45.8 Å². The second-order valence-electron chi connectivity index (χ2n) is 16.3. The van der Waals surface area contributed by atoms with Crippen LogP contribution < -0.4 is 10.6 Å². The Morgan fingerprint density at radius 1 is 0.922 bits per heavy atom. The minimum absolute atomic E-state index is 0.164. The number of benzene rings is 4. The Hall–Kier alpha value is -7.04. The number of H-pyrrole nitrogens is 2. The third-order valence-corrected chi connectivity index (χ3v) is 11.8. The Morgan fingerprint density at radius 3 is 2.33 bits per heavy atom. The van der Waals surface area contributed by atoms with Crippen LogP contribution in [0.5, 0.6) is 0 Å². The van der Waals surface area contributed by atoms with Crippen LogP contribution in [0.4, 0.5) is 9.59 Å². The highest BCUT2D eigenvalue weighted by Gasteiger charge is 2.52. The van der Waals surface area contributed by atoms with Gasteiger partial charge in [-0.1, -0.05) is 92.7 Å². The molecule has 0 saturated carbocycles. The van der Waals surface area contributed by atoms with Gasteiger partial charge >= 0.3 is 12.2 Å². The summed E-state index contributed by atoms with van der Waals surface area (Å²) in [5.74, 6) is -0.518. The minimum Gasteiger partial charge on any atom is -0.453 e. The second kappa shape index (κ2) is 18.7. The van der Waals surface area contributed by atoms with E-state index in [1.165, 1.54) is 14.2 Å². The first-order chi connectivity index (χ1) is 31.0. The summed E-state index contributed by atoms with van der Waals surface area (Å²) < 4.78 is 21.8. The first-order valence-corrected chi connectivity index (χ1v) is 21.3. The molecule has 16 heteroatoms. The maximum absolute atomic E-state index is 14.4. The zero-order valence-electron chi connectivity index (χ0n) is 36.3. The van der Waals surface area contributed by atoms with Gasteiger partial charge in [0.1, 0.15) is 23.7 Å². The van der Waals surface area contributed by atoms with Crippen molar-refractivity contribution in [1.29, 1.82) is 0 Å². The topological polar surface area (TPSA) is 193 Å². The lowest BCUT2D eigenvalue weighted by atomic mass is 9.99. The van der Waals surface area contributed by atoms with Crippen LogP contribution in [0.25, 0.3) is 44.2 Å². The van der Waals surface area contributed by atoms with Gasteiger partial charge in [0, 0.05) is 18.4 Å². The summed E-state index contributed by atoms with van der Waals surface area (Å²) in [4.78, 5) is 72.5. The predicted molar refractivity (Wildman–Crippen MR) is 239 cm³/mol. The molecule has 64 heavy (non-hydrogen) atoms. The molecule has 8 rings (SSSR count). The van der Waals surface area contributed by atoms with E-state index < -0.39 is 36.1 Å². The fourth-order valence-corrected chi connectivity index (χ4v) is 8.49. The average molecular weight is 869 g/mol. The van der Waals surface area contributed by atoms with E-state index in [1.54, 1.807) is 34.2 Å². The molecule has 6 aromatic rings. The number of imidazole rings is 2. The fraction of sp³-hybridized carbons (Fsp3) is 0.333. The molecular formula is C48H52N8O8. The summed E-state index contributed by atoms with van der Waals surface area (Å²) in [6.45, 7) is 9.20. The average Bonchev–Trinajstić information content (AvgIpc) is 4.15. The molecule has 0 aliphatic carbocycles. The molecule has 2 aliphatic heterocycles. The van der Waals surface area contributed by atoms with E-state index in [-0.39, 0.29) is 30.8 Å². The number of likely N-dealkylation sites (tertiary alicyclic amines) is 1. The molecule has 4 aromatic carbocycles. The Kier molecular flexibility index (Phi) is 12.8. The fourth-order valence-electron chi connectivity index (χ4n) is 8.49. The van der Waals surface area contributed by atoms with E-state index in [9.17, 15) is 19.2 Å². The molecule has 4 amide bonds. The molecule has 4 heterocycles. The van der Waals surface area contributed by atoms with Gasteiger partial charge in [-0.05, 0) is 52.1 Å². The molecule has 2 fully saturated rings. The first-order valence-electron chi connectivity index (χ1n) is 21.3. The minimum atomic E-state index is -1.00. The van der Waals surface area contributed by atoms with Crippen molar-refractivity contribution in [3.8, 4) is 22.4 Å². The number of hydrogen-bond acceptors (Lipinski definition) is 10. The molecule has 4 N–H and O–H groups in total.